The summed E-state index contributed by atoms with van der Waals surface area (Å²) < 4.78 is 12.0. The highest BCUT2D eigenvalue weighted by atomic mass is 16.5. The first-order valence-electron chi connectivity index (χ1n) is 6.09. The molecule has 6 nitrogen and oxygen atoms in total. The van der Waals surface area contributed by atoms with Gasteiger partial charge in [0.15, 0.2) is 5.69 Å². The van der Waals surface area contributed by atoms with Gasteiger partial charge < -0.3 is 14.8 Å². The molecule has 1 aromatic heterocycles. The minimum atomic E-state index is -0.291. The van der Waals surface area contributed by atoms with Crippen molar-refractivity contribution in [2.24, 2.45) is 7.05 Å². The summed E-state index contributed by atoms with van der Waals surface area (Å²) in [5, 5.41) is 6.91. The normalized spacial score (nSPS) is 10.2. The van der Waals surface area contributed by atoms with Gasteiger partial charge in [0, 0.05) is 18.8 Å². The third-order valence-electron chi connectivity index (χ3n) is 3.00. The molecule has 0 aliphatic heterocycles. The lowest BCUT2D eigenvalue weighted by Gasteiger charge is -2.10. The quantitative estimate of drug-likeness (QED) is 0.926. The molecule has 0 saturated heterocycles. The molecule has 0 spiro atoms. The van der Waals surface area contributed by atoms with E-state index < -0.39 is 0 Å². The van der Waals surface area contributed by atoms with E-state index in [1.165, 1.54) is 0 Å². The van der Waals surface area contributed by atoms with Gasteiger partial charge in [-0.3, -0.25) is 9.48 Å². The number of aryl methyl sites for hydroxylation is 2. The van der Waals surface area contributed by atoms with Crippen LogP contribution in [-0.2, 0) is 7.05 Å². The number of carbonyl (C=O) groups excluding carboxylic acids is 1. The maximum atomic E-state index is 12.2. The van der Waals surface area contributed by atoms with E-state index in [0.717, 1.165) is 5.69 Å². The number of benzene rings is 1. The Bertz CT molecular complexity index is 615. The third kappa shape index (κ3) is 2.74. The van der Waals surface area contributed by atoms with Gasteiger partial charge in [-0.15, -0.1) is 0 Å². The highest BCUT2D eigenvalue weighted by Crippen LogP contribution is 2.29. The summed E-state index contributed by atoms with van der Waals surface area (Å²) in [7, 11) is 4.90. The lowest BCUT2D eigenvalue weighted by Crippen LogP contribution is -2.13. The van der Waals surface area contributed by atoms with Crippen LogP contribution in [0.2, 0.25) is 0 Å². The second-order valence-corrected chi connectivity index (χ2v) is 4.31. The highest BCUT2D eigenvalue weighted by Gasteiger charge is 2.14. The molecule has 0 aliphatic rings. The van der Waals surface area contributed by atoms with E-state index in [1.54, 1.807) is 50.2 Å². The van der Waals surface area contributed by atoms with Gasteiger partial charge in [-0.1, -0.05) is 0 Å². The maximum Gasteiger partial charge on any atom is 0.276 e. The van der Waals surface area contributed by atoms with Crippen molar-refractivity contribution in [1.29, 1.82) is 0 Å². The Kier molecular flexibility index (Phi) is 3.93. The van der Waals surface area contributed by atoms with Crippen LogP contribution < -0.4 is 14.8 Å². The van der Waals surface area contributed by atoms with Gasteiger partial charge >= 0.3 is 0 Å². The molecule has 0 aliphatic carbocycles. The summed E-state index contributed by atoms with van der Waals surface area (Å²) in [6.45, 7) is 1.88. The third-order valence-corrected chi connectivity index (χ3v) is 3.00. The molecule has 0 radical (unpaired) electrons. The number of carbonyl (C=O) groups is 1. The number of methoxy groups -OCH3 is 2. The van der Waals surface area contributed by atoms with Crippen molar-refractivity contribution in [2.75, 3.05) is 19.5 Å². The van der Waals surface area contributed by atoms with Gasteiger partial charge in [0.05, 0.1) is 19.9 Å². The van der Waals surface area contributed by atoms with E-state index in [2.05, 4.69) is 10.4 Å². The highest BCUT2D eigenvalue weighted by molar-refractivity contribution is 6.03. The monoisotopic (exact) mass is 275 g/mol. The maximum absolute atomic E-state index is 12.2. The zero-order valence-corrected chi connectivity index (χ0v) is 11.9. The first kappa shape index (κ1) is 13.9. The zero-order valence-electron chi connectivity index (χ0n) is 11.9. The predicted molar refractivity (Wildman–Crippen MR) is 75.4 cm³/mol. The average Bonchev–Trinajstić information content (AvgIpc) is 2.78. The number of anilines is 1. The van der Waals surface area contributed by atoms with Crippen molar-refractivity contribution in [2.45, 2.75) is 6.92 Å². The summed E-state index contributed by atoms with van der Waals surface area (Å²) in [4.78, 5) is 12.2. The van der Waals surface area contributed by atoms with Crippen LogP contribution >= 0.6 is 0 Å². The molecule has 0 atom stereocenters. The van der Waals surface area contributed by atoms with Crippen LogP contribution in [0.25, 0.3) is 0 Å². The first-order valence-corrected chi connectivity index (χ1v) is 6.09. The van der Waals surface area contributed by atoms with Crippen LogP contribution in [0, 0.1) is 6.92 Å². The van der Waals surface area contributed by atoms with E-state index >= 15 is 0 Å². The summed E-state index contributed by atoms with van der Waals surface area (Å²) in [6.07, 6.45) is 0. The molecular weight excluding hydrogens is 258 g/mol. The molecule has 20 heavy (non-hydrogen) atoms. The molecule has 2 rings (SSSR count). The summed E-state index contributed by atoms with van der Waals surface area (Å²) in [5.41, 5.74) is 1.81. The number of amides is 1. The molecule has 0 saturated carbocycles. The molecule has 2 aromatic rings. The van der Waals surface area contributed by atoms with Gasteiger partial charge in [-0.05, 0) is 25.1 Å². The Morgan fingerprint density at radius 3 is 2.55 bits per heavy atom. The van der Waals surface area contributed by atoms with Crippen molar-refractivity contribution in [1.82, 2.24) is 9.78 Å². The Morgan fingerprint density at radius 1 is 1.25 bits per heavy atom. The van der Waals surface area contributed by atoms with Crippen LogP contribution in [0.1, 0.15) is 16.2 Å². The molecule has 0 bridgehead atoms. The van der Waals surface area contributed by atoms with Gasteiger partial charge in [0.25, 0.3) is 5.91 Å². The minimum Gasteiger partial charge on any atom is -0.497 e. The minimum absolute atomic E-state index is 0.291. The SMILES string of the molecule is COc1ccc(OC)c(NC(=O)c2cc(C)n(C)n2)c1. The largest absolute Gasteiger partial charge is 0.497 e. The van der Waals surface area contributed by atoms with E-state index in [9.17, 15) is 4.79 Å². The Morgan fingerprint density at radius 2 is 2.00 bits per heavy atom. The van der Waals surface area contributed by atoms with E-state index in [1.807, 2.05) is 6.92 Å². The van der Waals surface area contributed by atoms with Gasteiger partial charge in [-0.2, -0.15) is 5.10 Å². The molecule has 0 unspecified atom stereocenters. The van der Waals surface area contributed by atoms with E-state index in [-0.39, 0.29) is 5.91 Å². The van der Waals surface area contributed by atoms with Crippen LogP contribution in [0.5, 0.6) is 11.5 Å². The topological polar surface area (TPSA) is 65.4 Å². The fourth-order valence-electron chi connectivity index (χ4n) is 1.77. The van der Waals surface area contributed by atoms with Crippen molar-refractivity contribution in [3.05, 3.63) is 35.7 Å². The second kappa shape index (κ2) is 5.64. The van der Waals surface area contributed by atoms with Gasteiger partial charge in [-0.25, -0.2) is 0 Å². The van der Waals surface area contributed by atoms with Crippen LogP contribution in [0.15, 0.2) is 24.3 Å². The standard InChI is InChI=1S/C14H17N3O3/c1-9-7-12(16-17(9)2)14(18)15-11-8-10(19-3)5-6-13(11)20-4/h5-8H,1-4H3,(H,15,18). The second-order valence-electron chi connectivity index (χ2n) is 4.31. The van der Waals surface area contributed by atoms with Crippen LogP contribution in [0.4, 0.5) is 5.69 Å². The van der Waals surface area contributed by atoms with Crippen molar-refractivity contribution < 1.29 is 14.3 Å². The number of rotatable bonds is 4. The molecule has 1 N–H and O–H groups in total. The molecule has 6 heteroatoms. The Labute approximate surface area is 117 Å². The summed E-state index contributed by atoms with van der Waals surface area (Å²) >= 11 is 0. The summed E-state index contributed by atoms with van der Waals surface area (Å²) in [6, 6.07) is 6.92. The van der Waals surface area contributed by atoms with Crippen molar-refractivity contribution >= 4 is 11.6 Å². The Hall–Kier alpha value is -2.50. The van der Waals surface area contributed by atoms with E-state index in [4.69, 9.17) is 9.47 Å². The molecule has 0 fully saturated rings. The molecule has 1 amide bonds. The predicted octanol–water partition coefficient (Wildman–Crippen LogP) is 2.00. The van der Waals surface area contributed by atoms with Gasteiger partial charge in [0.1, 0.15) is 11.5 Å². The Balaban J connectivity index is 2.26. The van der Waals surface area contributed by atoms with Crippen molar-refractivity contribution in [3.63, 3.8) is 0 Å². The van der Waals surface area contributed by atoms with E-state index in [0.29, 0.717) is 22.9 Å². The van der Waals surface area contributed by atoms with Gasteiger partial charge in [0.2, 0.25) is 0 Å². The fraction of sp³-hybridized carbons (Fsp3) is 0.286. The zero-order chi connectivity index (χ0) is 14.7. The number of nitrogens with zero attached hydrogens (tertiary/aromatic N) is 2. The lowest BCUT2D eigenvalue weighted by molar-refractivity contribution is 0.102. The first-order chi connectivity index (χ1) is 9.55. The summed E-state index contributed by atoms with van der Waals surface area (Å²) in [5.74, 6) is 0.908. The number of aromatic nitrogens is 2. The van der Waals surface area contributed by atoms with Crippen LogP contribution in [0.3, 0.4) is 0 Å². The fourth-order valence-corrected chi connectivity index (χ4v) is 1.77. The van der Waals surface area contributed by atoms with Crippen LogP contribution in [-0.4, -0.2) is 29.9 Å². The number of hydrogen-bond donors (Lipinski definition) is 1. The number of nitrogens with one attached hydrogen (secondary N) is 1. The lowest BCUT2D eigenvalue weighted by atomic mass is 10.2. The number of ether oxygens (including phenoxy) is 2. The molecular formula is C14H17N3O3. The number of hydrogen-bond acceptors (Lipinski definition) is 4. The average molecular weight is 275 g/mol. The smallest absolute Gasteiger partial charge is 0.276 e. The molecule has 106 valence electrons. The molecule has 1 aromatic carbocycles. The molecule has 1 heterocycles. The van der Waals surface area contributed by atoms with Crippen molar-refractivity contribution in [3.8, 4) is 11.5 Å².